The van der Waals surface area contributed by atoms with E-state index in [9.17, 15) is 0 Å². The summed E-state index contributed by atoms with van der Waals surface area (Å²) >= 11 is 0. The van der Waals surface area contributed by atoms with E-state index in [1.807, 2.05) is 0 Å². The van der Waals surface area contributed by atoms with E-state index in [0.717, 1.165) is 12.1 Å². The molecule has 1 atom stereocenters. The first kappa shape index (κ1) is 13.1. The predicted octanol–water partition coefficient (Wildman–Crippen LogP) is 3.86. The van der Waals surface area contributed by atoms with Crippen molar-refractivity contribution < 1.29 is 0 Å². The van der Waals surface area contributed by atoms with Gasteiger partial charge in [0.15, 0.2) is 0 Å². The van der Waals surface area contributed by atoms with Crippen LogP contribution in [0.15, 0.2) is 0 Å². The monoisotopic (exact) mass is 177 g/mol. The molecule has 0 aliphatic carbocycles. The maximum Gasteiger partial charge on any atom is 0.110 e. The van der Waals surface area contributed by atoms with Crippen LogP contribution in [0.1, 0.15) is 51.9 Å². The molecular formula is C11H23B2. The van der Waals surface area contributed by atoms with Crippen molar-refractivity contribution in [1.29, 1.82) is 0 Å². The van der Waals surface area contributed by atoms with Gasteiger partial charge in [0, 0.05) is 0 Å². The van der Waals surface area contributed by atoms with Crippen LogP contribution in [0.5, 0.6) is 0 Å². The van der Waals surface area contributed by atoms with Gasteiger partial charge in [0.25, 0.3) is 0 Å². The molecule has 0 aliphatic heterocycles. The van der Waals surface area contributed by atoms with Crippen molar-refractivity contribution in [2.24, 2.45) is 0 Å². The molecule has 0 saturated carbocycles. The lowest BCUT2D eigenvalue weighted by Crippen LogP contribution is -2.00. The summed E-state index contributed by atoms with van der Waals surface area (Å²) in [6.45, 7) is 4.46. The van der Waals surface area contributed by atoms with Crippen LogP contribution < -0.4 is 0 Å². The molecule has 0 rings (SSSR count). The highest BCUT2D eigenvalue weighted by Gasteiger charge is 2.05. The Kier molecular flexibility index (Phi) is 10.3. The van der Waals surface area contributed by atoms with Crippen molar-refractivity contribution in [3.63, 3.8) is 0 Å². The van der Waals surface area contributed by atoms with E-state index in [0.29, 0.717) is 0 Å². The van der Waals surface area contributed by atoms with E-state index in [2.05, 4.69) is 21.0 Å². The maximum absolute atomic E-state index is 5.45. The van der Waals surface area contributed by atoms with Gasteiger partial charge in [0.05, 0.1) is 7.85 Å². The van der Waals surface area contributed by atoms with Crippen molar-refractivity contribution in [1.82, 2.24) is 0 Å². The molecule has 0 aromatic carbocycles. The van der Waals surface area contributed by atoms with Gasteiger partial charge in [0.1, 0.15) is 7.28 Å². The molecule has 0 saturated heterocycles. The van der Waals surface area contributed by atoms with Crippen molar-refractivity contribution in [3.8, 4) is 0 Å². The molecule has 1 unspecified atom stereocenters. The molecule has 0 nitrogen and oxygen atoms in total. The number of unbranched alkanes of at least 4 members (excludes halogenated alkanes) is 3. The molecule has 0 aromatic rings. The fraction of sp³-hybridized carbons (Fsp3) is 1.00. The standard InChI is InChI=1S/C11H23B2/c1-3-4-8-11(13-2)9-6-5-7-10-12/h11H,3-10H2,1-2H3. The van der Waals surface area contributed by atoms with Crippen LogP contribution in [0.25, 0.3) is 0 Å². The Hall–Kier alpha value is 0.130. The zero-order valence-electron chi connectivity index (χ0n) is 9.39. The molecule has 0 amide bonds. The molecule has 0 aromatic heterocycles. The van der Waals surface area contributed by atoms with Crippen LogP contribution in [0, 0.1) is 0 Å². The summed E-state index contributed by atoms with van der Waals surface area (Å²) in [7, 11) is 7.82. The lowest BCUT2D eigenvalue weighted by molar-refractivity contribution is 0.581. The summed E-state index contributed by atoms with van der Waals surface area (Å²) in [5, 5.41) is 0. The summed E-state index contributed by atoms with van der Waals surface area (Å²) < 4.78 is 0. The van der Waals surface area contributed by atoms with Crippen LogP contribution >= 0.6 is 0 Å². The van der Waals surface area contributed by atoms with Gasteiger partial charge in [-0.05, 0) is 0 Å². The van der Waals surface area contributed by atoms with Crippen molar-refractivity contribution in [2.75, 3.05) is 0 Å². The Labute approximate surface area is 86.5 Å². The molecule has 73 valence electrons. The number of hydrogen-bond acceptors (Lipinski definition) is 0. The maximum atomic E-state index is 5.45. The highest BCUT2D eigenvalue weighted by molar-refractivity contribution is 6.35. The molecule has 3 radical (unpaired) electrons. The quantitative estimate of drug-likeness (QED) is 0.370. The first-order valence-corrected chi connectivity index (χ1v) is 5.84. The summed E-state index contributed by atoms with van der Waals surface area (Å²) in [5.41, 5.74) is 0. The third-order valence-corrected chi connectivity index (χ3v) is 2.68. The van der Waals surface area contributed by atoms with Gasteiger partial charge in [-0.25, -0.2) is 0 Å². The Balaban J connectivity index is 3.25. The lowest BCUT2D eigenvalue weighted by atomic mass is 9.63. The summed E-state index contributed by atoms with van der Waals surface area (Å²) in [4.78, 5) is 0. The third-order valence-electron chi connectivity index (χ3n) is 2.68. The van der Waals surface area contributed by atoms with Crippen molar-refractivity contribution in [3.05, 3.63) is 0 Å². The minimum absolute atomic E-state index is 0.857. The second kappa shape index (κ2) is 10.2. The molecule has 0 heterocycles. The van der Waals surface area contributed by atoms with E-state index < -0.39 is 0 Å². The molecule has 0 bridgehead atoms. The normalized spacial score (nSPS) is 12.8. The van der Waals surface area contributed by atoms with Crippen LogP contribution in [0.3, 0.4) is 0 Å². The summed E-state index contributed by atoms with van der Waals surface area (Å²) in [6.07, 6.45) is 10.2. The van der Waals surface area contributed by atoms with Crippen molar-refractivity contribution >= 4 is 15.1 Å². The Morgan fingerprint density at radius 2 is 1.77 bits per heavy atom. The van der Waals surface area contributed by atoms with E-state index in [-0.39, 0.29) is 0 Å². The van der Waals surface area contributed by atoms with Gasteiger partial charge < -0.3 is 0 Å². The molecule has 0 spiro atoms. The first-order valence-electron chi connectivity index (χ1n) is 5.84. The second-order valence-electron chi connectivity index (χ2n) is 3.87. The van der Waals surface area contributed by atoms with Crippen LogP contribution in [0.2, 0.25) is 19.0 Å². The van der Waals surface area contributed by atoms with Gasteiger partial charge in [-0.3, -0.25) is 0 Å². The molecule has 2 heteroatoms. The lowest BCUT2D eigenvalue weighted by Gasteiger charge is -2.12. The average Bonchev–Trinajstić information content (AvgIpc) is 2.17. The Morgan fingerprint density at radius 3 is 2.31 bits per heavy atom. The SMILES string of the molecule is [B]CCCCCC([B]C)CCCC. The van der Waals surface area contributed by atoms with E-state index in [1.165, 1.54) is 44.9 Å². The van der Waals surface area contributed by atoms with Crippen LogP contribution in [0.4, 0.5) is 0 Å². The van der Waals surface area contributed by atoms with E-state index in [4.69, 9.17) is 7.85 Å². The first-order chi connectivity index (χ1) is 6.35. The minimum atomic E-state index is 0.857. The molecule has 13 heavy (non-hydrogen) atoms. The molecule has 0 N–H and O–H groups in total. The largest absolute Gasteiger partial charge is 0.110 e. The summed E-state index contributed by atoms with van der Waals surface area (Å²) in [5.74, 6) is 0.859. The average molecular weight is 177 g/mol. The molecule has 0 fully saturated rings. The fourth-order valence-electron chi connectivity index (χ4n) is 1.67. The highest BCUT2D eigenvalue weighted by atomic mass is 14.0. The van der Waals surface area contributed by atoms with E-state index >= 15 is 0 Å². The van der Waals surface area contributed by atoms with E-state index in [1.54, 1.807) is 0 Å². The molecule has 0 aliphatic rings. The summed E-state index contributed by atoms with van der Waals surface area (Å²) in [6, 6.07) is 0. The Morgan fingerprint density at radius 1 is 1.08 bits per heavy atom. The van der Waals surface area contributed by atoms with Crippen molar-refractivity contribution in [2.45, 2.75) is 70.8 Å². The van der Waals surface area contributed by atoms with Gasteiger partial charge >= 0.3 is 0 Å². The van der Waals surface area contributed by atoms with Gasteiger partial charge in [-0.15, -0.1) is 0 Å². The number of hydrogen-bond donors (Lipinski definition) is 0. The molecular weight excluding hydrogens is 154 g/mol. The van der Waals surface area contributed by atoms with Gasteiger partial charge in [0.2, 0.25) is 0 Å². The zero-order chi connectivity index (χ0) is 9.94. The zero-order valence-corrected chi connectivity index (χ0v) is 9.39. The number of rotatable bonds is 9. The van der Waals surface area contributed by atoms with Gasteiger partial charge in [-0.1, -0.05) is 70.8 Å². The van der Waals surface area contributed by atoms with Crippen LogP contribution in [-0.4, -0.2) is 15.1 Å². The smallest absolute Gasteiger partial charge is 0.0917 e. The predicted molar refractivity (Wildman–Crippen MR) is 63.9 cm³/mol. The second-order valence-corrected chi connectivity index (χ2v) is 3.87. The Bertz CT molecular complexity index is 94.1. The van der Waals surface area contributed by atoms with Crippen LogP contribution in [-0.2, 0) is 0 Å². The van der Waals surface area contributed by atoms with Gasteiger partial charge in [-0.2, -0.15) is 0 Å². The fourth-order valence-corrected chi connectivity index (χ4v) is 1.67. The minimum Gasteiger partial charge on any atom is -0.0917 e. The topological polar surface area (TPSA) is 0 Å². The third kappa shape index (κ3) is 8.46. The highest BCUT2D eigenvalue weighted by Crippen LogP contribution is 2.21.